The van der Waals surface area contributed by atoms with E-state index < -0.39 is 0 Å². The van der Waals surface area contributed by atoms with Crippen LogP contribution in [-0.2, 0) is 0 Å². The SMILES string of the molecule is COc1nc(N)sc1OC.Cc1cnc(N)s1.Cc1cnc(N)s1.Cc1coc(N)n1.Cc1nc(N)sc1C.Cc1nc(N)sc1C(=O)N(C)C.Nc1nc2ccccc2s1.Nc1nccs1. The number of rotatable bonds is 3. The number of aryl methyl sites for hydroxylation is 6. The molecule has 8 heterocycles. The summed E-state index contributed by atoms with van der Waals surface area (Å²) in [5.74, 6) is 0.409. The molecule has 0 atom stereocenters. The highest BCUT2D eigenvalue weighted by atomic mass is 32.1. The number of carbonyl (C=O) groups is 1. The molecule has 1 amide bonds. The summed E-state index contributed by atoms with van der Waals surface area (Å²) < 4.78 is 15.5. The first kappa shape index (κ1) is 56.7. The molecule has 16 N–H and O–H groups in total. The van der Waals surface area contributed by atoms with E-state index in [1.807, 2.05) is 64.3 Å². The largest absolute Gasteiger partial charge is 0.483 e. The number of thiazole rings is 7. The predicted molar refractivity (Wildman–Crippen MR) is 284 cm³/mol. The predicted octanol–water partition coefficient (Wildman–Crippen LogP) is 8.06. The van der Waals surface area contributed by atoms with Crippen LogP contribution >= 0.6 is 79.4 Å². The van der Waals surface area contributed by atoms with E-state index in [0.717, 1.165) is 31.4 Å². The van der Waals surface area contributed by atoms with Crippen molar-refractivity contribution < 1.29 is 18.7 Å². The second-order valence-corrected chi connectivity index (χ2v) is 20.5. The number of hydrogen-bond acceptors (Lipinski definition) is 27. The second-order valence-electron chi connectivity index (χ2n) is 12.7. The molecular weight excluding hydrogens is 995 g/mol. The van der Waals surface area contributed by atoms with Crippen LogP contribution in [0.25, 0.3) is 10.2 Å². The van der Waals surface area contributed by atoms with Crippen LogP contribution < -0.4 is 55.3 Å². The number of ether oxygens (including phenoxy) is 2. The lowest BCUT2D eigenvalue weighted by atomic mass is 10.3. The maximum absolute atomic E-state index is 11.4. The zero-order valence-electron chi connectivity index (χ0n) is 38.3. The van der Waals surface area contributed by atoms with Crippen molar-refractivity contribution in [3.8, 4) is 10.9 Å². The summed E-state index contributed by atoms with van der Waals surface area (Å²) in [6.07, 6.45) is 6.72. The van der Waals surface area contributed by atoms with Gasteiger partial charge in [0.1, 0.15) is 11.1 Å². The normalized spacial score (nSPS) is 9.58. The molecule has 0 radical (unpaired) electrons. The van der Waals surface area contributed by atoms with Crippen molar-refractivity contribution in [1.29, 1.82) is 0 Å². The molecular formula is C39H55N17O4S7. The molecule has 0 aliphatic rings. The number of hydrogen-bond donors (Lipinski definition) is 8. The van der Waals surface area contributed by atoms with Gasteiger partial charge >= 0.3 is 0 Å². The first-order valence-corrected chi connectivity index (χ1v) is 24.7. The van der Waals surface area contributed by atoms with Crippen LogP contribution in [0.2, 0.25) is 0 Å². The number of nitrogens with two attached hydrogens (primary N) is 8. The minimum Gasteiger partial charge on any atom is -0.483 e. The van der Waals surface area contributed by atoms with Gasteiger partial charge in [-0.25, -0.2) is 29.9 Å². The lowest BCUT2D eigenvalue weighted by molar-refractivity contribution is 0.0831. The van der Waals surface area contributed by atoms with Gasteiger partial charge < -0.3 is 64.7 Å². The van der Waals surface area contributed by atoms with Crippen molar-refractivity contribution >= 4 is 137 Å². The maximum Gasteiger partial charge on any atom is 0.292 e. The van der Waals surface area contributed by atoms with Gasteiger partial charge in [0.25, 0.3) is 17.8 Å². The number of nitrogen functional groups attached to an aromatic ring is 8. The first-order valence-electron chi connectivity index (χ1n) is 18.9. The number of amides is 1. The summed E-state index contributed by atoms with van der Waals surface area (Å²) >= 11 is 10.0. The van der Waals surface area contributed by atoms with Crippen molar-refractivity contribution in [3.05, 3.63) is 91.1 Å². The number of anilines is 8. The van der Waals surface area contributed by atoms with Crippen molar-refractivity contribution in [2.24, 2.45) is 0 Å². The monoisotopic (exact) mass is 1050 g/mol. The average molecular weight is 1050 g/mol. The Hall–Kier alpha value is -6.43. The van der Waals surface area contributed by atoms with E-state index in [9.17, 15) is 4.79 Å². The quantitative estimate of drug-likeness (QED) is 0.0829. The summed E-state index contributed by atoms with van der Waals surface area (Å²) in [6, 6.07) is 8.16. The molecule has 0 saturated carbocycles. The van der Waals surface area contributed by atoms with Crippen LogP contribution in [0.1, 0.15) is 41.4 Å². The zero-order chi connectivity index (χ0) is 50.2. The minimum atomic E-state index is -0.0401. The van der Waals surface area contributed by atoms with E-state index in [2.05, 4.69) is 44.3 Å². The van der Waals surface area contributed by atoms with E-state index in [0.29, 0.717) is 57.4 Å². The van der Waals surface area contributed by atoms with Crippen molar-refractivity contribution in [1.82, 2.24) is 44.8 Å². The summed E-state index contributed by atoms with van der Waals surface area (Å²) in [4.78, 5) is 48.1. The van der Waals surface area contributed by atoms with Gasteiger partial charge in [-0.3, -0.25) is 4.79 Å². The molecule has 21 nitrogen and oxygen atoms in total. The maximum atomic E-state index is 11.4. The number of carbonyl (C=O) groups excluding carboxylic acids is 1. The van der Waals surface area contributed by atoms with Crippen LogP contribution in [0.15, 0.2) is 58.9 Å². The fourth-order valence-electron chi connectivity index (χ4n) is 4.12. The minimum absolute atomic E-state index is 0.0401. The molecule has 0 unspecified atom stereocenters. The van der Waals surface area contributed by atoms with Gasteiger partial charge in [0.05, 0.1) is 41.5 Å². The summed E-state index contributed by atoms with van der Waals surface area (Å²) in [5, 5.41) is 6.59. The Bertz CT molecular complexity index is 2560. The number of para-hydroxylation sites is 1. The molecule has 0 saturated heterocycles. The van der Waals surface area contributed by atoms with Gasteiger partial charge in [-0.15, -0.1) is 45.3 Å². The molecule has 0 aliphatic heterocycles. The van der Waals surface area contributed by atoms with E-state index in [4.69, 9.17) is 55.3 Å². The van der Waals surface area contributed by atoms with E-state index >= 15 is 0 Å². The Balaban J connectivity index is 0.000000265. The van der Waals surface area contributed by atoms with Crippen LogP contribution in [0.5, 0.6) is 10.9 Å². The Labute approximate surface area is 415 Å². The molecule has 0 bridgehead atoms. The lowest BCUT2D eigenvalue weighted by Gasteiger charge is -2.07. The van der Waals surface area contributed by atoms with Crippen molar-refractivity contribution in [3.63, 3.8) is 0 Å². The molecule has 1 aromatic carbocycles. The summed E-state index contributed by atoms with van der Waals surface area (Å²) in [7, 11) is 6.49. The molecule has 0 fully saturated rings. The third-order valence-electron chi connectivity index (χ3n) is 7.10. The lowest BCUT2D eigenvalue weighted by Crippen LogP contribution is -2.21. The Morgan fingerprint density at radius 1 is 0.612 bits per heavy atom. The standard InChI is InChI=1S/C7H11N3OS.C7H6N2S.C5H8N2O2S.C5H8N2S.C4H6N2O.2C4H6N2S.C3H4N2S/c1-4-5(6(11)10(2)3)12-7(8)9-4;8-7-9-5-3-1-2-4-6(5)10-7;1-8-3-4(9-2)10-5(6)7-3;1-3-4(2)8-5(6)7-3;1-3-2-7-4(5)6-3;2*1-3-2-6-4(5)7-3;4-3-5-1-2-6-3/h1-3H3,(H2,8,9);1-4H,(H2,8,9);1-2H3,(H2,6,7);1-2H3,(H2,6,7);3*2H,1H3,(H2,5,6);1-2H,(H2,4,5). The molecule has 0 aliphatic carbocycles. The van der Waals surface area contributed by atoms with Crippen LogP contribution in [0.3, 0.4) is 0 Å². The Morgan fingerprint density at radius 3 is 1.48 bits per heavy atom. The summed E-state index contributed by atoms with van der Waals surface area (Å²) in [5.41, 5.74) is 46.1. The first-order chi connectivity index (χ1) is 31.6. The zero-order valence-corrected chi connectivity index (χ0v) is 44.0. The summed E-state index contributed by atoms with van der Waals surface area (Å²) in [6.45, 7) is 11.5. The number of benzene rings is 1. The van der Waals surface area contributed by atoms with E-state index in [1.54, 1.807) is 46.7 Å². The molecule has 28 heteroatoms. The van der Waals surface area contributed by atoms with Gasteiger partial charge in [0.2, 0.25) is 5.06 Å². The van der Waals surface area contributed by atoms with Gasteiger partial charge in [-0.2, -0.15) is 9.97 Å². The number of nitrogens with zero attached hydrogens (tertiary/aromatic N) is 9. The number of methoxy groups -OCH3 is 2. The Morgan fingerprint density at radius 2 is 1.18 bits per heavy atom. The van der Waals surface area contributed by atoms with Crippen LogP contribution in [-0.4, -0.2) is 79.0 Å². The van der Waals surface area contributed by atoms with Crippen molar-refractivity contribution in [2.75, 3.05) is 74.2 Å². The van der Waals surface area contributed by atoms with Crippen molar-refractivity contribution in [2.45, 2.75) is 41.5 Å². The van der Waals surface area contributed by atoms with Crippen LogP contribution in [0.4, 0.5) is 41.9 Å². The number of fused-ring (bicyclic) bond motifs is 1. The Kier molecular flexibility index (Phi) is 24.8. The van der Waals surface area contributed by atoms with E-state index in [1.165, 1.54) is 103 Å². The third kappa shape index (κ3) is 22.1. The van der Waals surface area contributed by atoms with Gasteiger partial charge in [0.15, 0.2) is 35.9 Å². The fourth-order valence-corrected chi connectivity index (χ4v) is 8.48. The molecule has 9 rings (SSSR count). The molecule has 362 valence electrons. The second kappa shape index (κ2) is 29.3. The fraction of sp³-hybridized carbons (Fsp3) is 0.256. The highest BCUT2D eigenvalue weighted by molar-refractivity contribution is 7.22. The molecule has 67 heavy (non-hydrogen) atoms. The highest BCUT2D eigenvalue weighted by Gasteiger charge is 2.15. The number of oxazole rings is 1. The van der Waals surface area contributed by atoms with Crippen LogP contribution in [0, 0.1) is 41.5 Å². The topological polar surface area (TPSA) is 363 Å². The van der Waals surface area contributed by atoms with E-state index in [-0.39, 0.29) is 11.9 Å². The highest BCUT2D eigenvalue weighted by Crippen LogP contribution is 2.34. The van der Waals surface area contributed by atoms with Gasteiger partial charge in [-0.1, -0.05) is 46.1 Å². The smallest absolute Gasteiger partial charge is 0.292 e. The van der Waals surface area contributed by atoms with Gasteiger partial charge in [-0.05, 0) is 53.7 Å². The number of aromatic nitrogens is 8. The molecule has 0 spiro atoms. The third-order valence-corrected chi connectivity index (χ3v) is 12.8. The average Bonchev–Trinajstić information content (AvgIpc) is 4.16. The van der Waals surface area contributed by atoms with Gasteiger partial charge in [0, 0.05) is 52.7 Å². The molecule has 9 aromatic rings. The molecule has 8 aromatic heterocycles.